The van der Waals surface area contributed by atoms with Crippen LogP contribution in [0.1, 0.15) is 30.7 Å². The number of ether oxygens (including phenoxy) is 1. The zero-order chi connectivity index (χ0) is 13.8. The second-order valence-electron chi connectivity index (χ2n) is 4.83. The van der Waals surface area contributed by atoms with Gasteiger partial charge in [-0.25, -0.2) is 9.67 Å². The minimum Gasteiger partial charge on any atom is -0.495 e. The summed E-state index contributed by atoms with van der Waals surface area (Å²) in [6.07, 6.45) is 1.38. The Bertz CT molecular complexity index is 521. The van der Waals surface area contributed by atoms with Gasteiger partial charge in [-0.3, -0.25) is 0 Å². The summed E-state index contributed by atoms with van der Waals surface area (Å²) in [5.41, 5.74) is 0. The lowest BCUT2D eigenvalue weighted by molar-refractivity contribution is 0.173. The summed E-state index contributed by atoms with van der Waals surface area (Å²) >= 11 is 1.49. The molecular weight excluding hydrogens is 262 g/mol. The molecular formula is C13H19N3O2S. The smallest absolute Gasteiger partial charge is 0.138 e. The van der Waals surface area contributed by atoms with Crippen LogP contribution in [0.5, 0.6) is 5.75 Å². The molecule has 0 aliphatic heterocycles. The van der Waals surface area contributed by atoms with E-state index in [9.17, 15) is 5.11 Å². The Morgan fingerprint density at radius 3 is 2.95 bits per heavy atom. The van der Waals surface area contributed by atoms with Gasteiger partial charge in [0.15, 0.2) is 0 Å². The molecule has 0 spiro atoms. The average molecular weight is 281 g/mol. The van der Waals surface area contributed by atoms with Crippen molar-refractivity contribution in [1.29, 1.82) is 0 Å². The maximum absolute atomic E-state index is 10.3. The number of aromatic nitrogens is 3. The number of aliphatic hydroxyl groups excluding tert-OH is 1. The Balaban J connectivity index is 2.11. The topological polar surface area (TPSA) is 60.2 Å². The van der Waals surface area contributed by atoms with Gasteiger partial charge >= 0.3 is 0 Å². The van der Waals surface area contributed by atoms with Crippen molar-refractivity contribution in [2.24, 2.45) is 5.92 Å². The Labute approximate surface area is 116 Å². The summed E-state index contributed by atoms with van der Waals surface area (Å²) in [6, 6.07) is 1.86. The largest absolute Gasteiger partial charge is 0.495 e. The third-order valence-corrected chi connectivity index (χ3v) is 3.79. The molecule has 2 aromatic rings. The zero-order valence-corrected chi connectivity index (χ0v) is 12.2. The average Bonchev–Trinajstić information content (AvgIpc) is 2.97. The van der Waals surface area contributed by atoms with E-state index in [0.717, 1.165) is 23.0 Å². The molecule has 6 heteroatoms. The van der Waals surface area contributed by atoms with Crippen molar-refractivity contribution in [1.82, 2.24) is 14.8 Å². The Morgan fingerprint density at radius 1 is 1.47 bits per heavy atom. The van der Waals surface area contributed by atoms with Crippen LogP contribution in [0, 0.1) is 5.92 Å². The number of rotatable bonds is 6. The van der Waals surface area contributed by atoms with E-state index in [2.05, 4.69) is 23.9 Å². The van der Waals surface area contributed by atoms with Crippen LogP contribution >= 0.6 is 11.3 Å². The maximum atomic E-state index is 10.3. The van der Waals surface area contributed by atoms with Crippen LogP contribution in [-0.2, 0) is 13.0 Å². The third-order valence-electron chi connectivity index (χ3n) is 2.79. The molecule has 0 radical (unpaired) electrons. The fraction of sp³-hybridized carbons (Fsp3) is 0.538. The Hall–Kier alpha value is -1.40. The number of hydrogen-bond donors (Lipinski definition) is 1. The van der Waals surface area contributed by atoms with Gasteiger partial charge in [-0.05, 0) is 17.4 Å². The highest BCUT2D eigenvalue weighted by molar-refractivity contribution is 7.10. The SMILES string of the molecule is COc1ccsc1C(O)Cc1ncnn1CC(C)C. The van der Waals surface area contributed by atoms with Crippen molar-refractivity contribution in [3.8, 4) is 5.75 Å². The summed E-state index contributed by atoms with van der Waals surface area (Å²) in [5, 5.41) is 16.4. The van der Waals surface area contributed by atoms with E-state index < -0.39 is 6.10 Å². The number of thiophene rings is 1. The minimum atomic E-state index is -0.606. The molecule has 0 bridgehead atoms. The third kappa shape index (κ3) is 3.33. The molecule has 0 amide bonds. The van der Waals surface area contributed by atoms with E-state index in [0.29, 0.717) is 12.3 Å². The van der Waals surface area contributed by atoms with Gasteiger partial charge in [-0.15, -0.1) is 11.3 Å². The first kappa shape index (κ1) is 14.0. The van der Waals surface area contributed by atoms with E-state index in [1.165, 1.54) is 17.7 Å². The van der Waals surface area contributed by atoms with Gasteiger partial charge in [0.2, 0.25) is 0 Å². The summed E-state index contributed by atoms with van der Waals surface area (Å²) < 4.78 is 7.08. The van der Waals surface area contributed by atoms with Crippen molar-refractivity contribution in [3.05, 3.63) is 28.5 Å². The second kappa shape index (κ2) is 6.16. The highest BCUT2D eigenvalue weighted by atomic mass is 32.1. The van der Waals surface area contributed by atoms with E-state index in [1.807, 2.05) is 16.1 Å². The van der Waals surface area contributed by atoms with Gasteiger partial charge in [-0.1, -0.05) is 13.8 Å². The number of nitrogens with zero attached hydrogens (tertiary/aromatic N) is 3. The lowest BCUT2D eigenvalue weighted by Crippen LogP contribution is -2.13. The summed E-state index contributed by atoms with van der Waals surface area (Å²) in [7, 11) is 1.61. The van der Waals surface area contributed by atoms with Gasteiger partial charge in [0, 0.05) is 13.0 Å². The zero-order valence-electron chi connectivity index (χ0n) is 11.4. The molecule has 2 aromatic heterocycles. The summed E-state index contributed by atoms with van der Waals surface area (Å²) in [5.74, 6) is 2.03. The van der Waals surface area contributed by atoms with Crippen LogP contribution in [0.2, 0.25) is 0 Å². The predicted molar refractivity (Wildman–Crippen MR) is 74.4 cm³/mol. The normalized spacial score (nSPS) is 12.9. The van der Waals surface area contributed by atoms with Crippen LogP contribution in [0.25, 0.3) is 0 Å². The fourth-order valence-corrected chi connectivity index (χ4v) is 2.78. The van der Waals surface area contributed by atoms with Gasteiger partial charge < -0.3 is 9.84 Å². The molecule has 19 heavy (non-hydrogen) atoms. The molecule has 0 aliphatic rings. The van der Waals surface area contributed by atoms with E-state index >= 15 is 0 Å². The summed E-state index contributed by atoms with van der Waals surface area (Å²) in [6.45, 7) is 5.07. The van der Waals surface area contributed by atoms with Crippen LogP contribution in [0.3, 0.4) is 0 Å². The predicted octanol–water partition coefficient (Wildman–Crippen LogP) is 2.28. The number of methoxy groups -OCH3 is 1. The molecule has 0 aromatic carbocycles. The molecule has 0 aliphatic carbocycles. The van der Waals surface area contributed by atoms with E-state index in [-0.39, 0.29) is 0 Å². The van der Waals surface area contributed by atoms with Crippen LogP contribution in [0.15, 0.2) is 17.8 Å². The number of hydrogen-bond acceptors (Lipinski definition) is 5. The lowest BCUT2D eigenvalue weighted by atomic mass is 10.2. The highest BCUT2D eigenvalue weighted by Gasteiger charge is 2.18. The van der Waals surface area contributed by atoms with Gasteiger partial charge in [0.1, 0.15) is 17.9 Å². The van der Waals surface area contributed by atoms with Crippen molar-refractivity contribution >= 4 is 11.3 Å². The number of aliphatic hydroxyl groups is 1. The van der Waals surface area contributed by atoms with E-state index in [1.54, 1.807) is 7.11 Å². The first-order valence-electron chi connectivity index (χ1n) is 6.28. The molecule has 5 nitrogen and oxygen atoms in total. The molecule has 2 heterocycles. The quantitative estimate of drug-likeness (QED) is 0.882. The molecule has 1 unspecified atom stereocenters. The van der Waals surface area contributed by atoms with Crippen molar-refractivity contribution < 1.29 is 9.84 Å². The van der Waals surface area contributed by atoms with Crippen LogP contribution < -0.4 is 4.74 Å². The standard InChI is InChI=1S/C13H19N3O2S/c1-9(2)7-16-12(14-8-15-16)6-10(17)13-11(18-3)4-5-19-13/h4-5,8-10,17H,6-7H2,1-3H3. The van der Waals surface area contributed by atoms with Crippen molar-refractivity contribution in [2.75, 3.05) is 7.11 Å². The molecule has 2 rings (SSSR count). The first-order valence-corrected chi connectivity index (χ1v) is 7.16. The molecule has 0 saturated heterocycles. The first-order chi connectivity index (χ1) is 9.11. The minimum absolute atomic E-state index is 0.448. The highest BCUT2D eigenvalue weighted by Crippen LogP contribution is 2.32. The lowest BCUT2D eigenvalue weighted by Gasteiger charge is -2.12. The Morgan fingerprint density at radius 2 is 2.26 bits per heavy atom. The molecule has 1 atom stereocenters. The van der Waals surface area contributed by atoms with Gasteiger partial charge in [0.05, 0.1) is 18.1 Å². The summed E-state index contributed by atoms with van der Waals surface area (Å²) in [4.78, 5) is 5.07. The van der Waals surface area contributed by atoms with Gasteiger partial charge in [-0.2, -0.15) is 5.10 Å². The fourth-order valence-electron chi connectivity index (χ4n) is 1.93. The maximum Gasteiger partial charge on any atom is 0.138 e. The van der Waals surface area contributed by atoms with Crippen LogP contribution in [-0.4, -0.2) is 27.0 Å². The molecule has 1 N–H and O–H groups in total. The van der Waals surface area contributed by atoms with Gasteiger partial charge in [0.25, 0.3) is 0 Å². The molecule has 104 valence electrons. The van der Waals surface area contributed by atoms with Crippen LogP contribution in [0.4, 0.5) is 0 Å². The molecule has 0 saturated carbocycles. The van der Waals surface area contributed by atoms with Crippen molar-refractivity contribution in [2.45, 2.75) is 32.9 Å². The van der Waals surface area contributed by atoms with Crippen molar-refractivity contribution in [3.63, 3.8) is 0 Å². The second-order valence-corrected chi connectivity index (χ2v) is 5.77. The monoisotopic (exact) mass is 281 g/mol. The molecule has 0 fully saturated rings. The Kier molecular flexibility index (Phi) is 4.55. The van der Waals surface area contributed by atoms with E-state index in [4.69, 9.17) is 4.74 Å².